The van der Waals surface area contributed by atoms with Crippen molar-refractivity contribution in [2.45, 2.75) is 32.2 Å². The van der Waals surface area contributed by atoms with Crippen LogP contribution in [0.5, 0.6) is 0 Å². The summed E-state index contributed by atoms with van der Waals surface area (Å²) in [7, 11) is 0. The van der Waals surface area contributed by atoms with Crippen LogP contribution in [0.4, 0.5) is 0 Å². The van der Waals surface area contributed by atoms with E-state index in [4.69, 9.17) is 16.7 Å². The van der Waals surface area contributed by atoms with E-state index in [1.807, 2.05) is 18.2 Å². The molecule has 0 aliphatic rings. The maximum Gasteiger partial charge on any atom is 0.0438 e. The number of aliphatic hydroxyl groups excluding tert-OH is 1. The second-order valence-corrected chi connectivity index (χ2v) is 4.47. The van der Waals surface area contributed by atoms with Crippen LogP contribution in [0.2, 0.25) is 5.02 Å². The zero-order chi connectivity index (χ0) is 11.8. The molecular formula is C13H20ClNO. The first kappa shape index (κ1) is 13.5. The Morgan fingerprint density at radius 2 is 2.12 bits per heavy atom. The highest BCUT2D eigenvalue weighted by molar-refractivity contribution is 6.31. The predicted octanol–water partition coefficient (Wildman–Crippen LogP) is 2.63. The lowest BCUT2D eigenvalue weighted by atomic mass is 10.1. The van der Waals surface area contributed by atoms with Crippen LogP contribution in [0.3, 0.4) is 0 Å². The van der Waals surface area contributed by atoms with E-state index in [2.05, 4.69) is 18.3 Å². The van der Waals surface area contributed by atoms with Crippen molar-refractivity contribution < 1.29 is 5.11 Å². The third kappa shape index (κ3) is 4.97. The average molecular weight is 242 g/mol. The topological polar surface area (TPSA) is 32.3 Å². The number of rotatable bonds is 7. The Morgan fingerprint density at radius 3 is 2.81 bits per heavy atom. The maximum absolute atomic E-state index is 8.71. The zero-order valence-corrected chi connectivity index (χ0v) is 10.5. The van der Waals surface area contributed by atoms with E-state index in [0.717, 1.165) is 30.8 Å². The summed E-state index contributed by atoms with van der Waals surface area (Å²) in [6.45, 7) is 3.34. The normalized spacial score (nSPS) is 12.7. The Morgan fingerprint density at radius 1 is 1.38 bits per heavy atom. The Kier molecular flexibility index (Phi) is 6.46. The molecule has 0 saturated heterocycles. The van der Waals surface area contributed by atoms with Gasteiger partial charge < -0.3 is 10.4 Å². The van der Waals surface area contributed by atoms with Crippen LogP contribution in [0.15, 0.2) is 24.3 Å². The molecule has 0 radical (unpaired) electrons. The second-order valence-electron chi connectivity index (χ2n) is 4.06. The van der Waals surface area contributed by atoms with E-state index in [1.165, 1.54) is 5.56 Å². The molecule has 0 heterocycles. The van der Waals surface area contributed by atoms with E-state index in [0.29, 0.717) is 6.04 Å². The molecule has 0 fully saturated rings. The molecule has 90 valence electrons. The summed E-state index contributed by atoms with van der Waals surface area (Å²) < 4.78 is 0. The number of hydrogen-bond donors (Lipinski definition) is 2. The predicted molar refractivity (Wildman–Crippen MR) is 68.9 cm³/mol. The first-order valence-corrected chi connectivity index (χ1v) is 6.19. The summed E-state index contributed by atoms with van der Waals surface area (Å²) in [6.07, 6.45) is 2.82. The van der Waals surface area contributed by atoms with Gasteiger partial charge in [-0.15, -0.1) is 0 Å². The number of halogens is 1. The van der Waals surface area contributed by atoms with E-state index in [-0.39, 0.29) is 6.61 Å². The van der Waals surface area contributed by atoms with Crippen LogP contribution >= 0.6 is 11.6 Å². The van der Waals surface area contributed by atoms with Gasteiger partial charge >= 0.3 is 0 Å². The quantitative estimate of drug-likeness (QED) is 0.769. The minimum atomic E-state index is 0.274. The summed E-state index contributed by atoms with van der Waals surface area (Å²) in [4.78, 5) is 0. The van der Waals surface area contributed by atoms with Crippen molar-refractivity contribution in [1.82, 2.24) is 5.32 Å². The molecule has 0 saturated carbocycles. The second kappa shape index (κ2) is 7.66. The highest BCUT2D eigenvalue weighted by Crippen LogP contribution is 2.14. The maximum atomic E-state index is 8.71. The highest BCUT2D eigenvalue weighted by Gasteiger charge is 2.02. The average Bonchev–Trinajstić information content (AvgIpc) is 2.29. The Labute approximate surface area is 103 Å². The van der Waals surface area contributed by atoms with Crippen LogP contribution in [0, 0.1) is 0 Å². The third-order valence-electron chi connectivity index (χ3n) is 2.64. The molecular weight excluding hydrogens is 222 g/mol. The summed E-state index contributed by atoms with van der Waals surface area (Å²) in [5, 5.41) is 13.0. The molecule has 0 spiro atoms. The lowest BCUT2D eigenvalue weighted by molar-refractivity contribution is 0.276. The van der Waals surface area contributed by atoms with Crippen LogP contribution in [0.1, 0.15) is 25.3 Å². The first-order chi connectivity index (χ1) is 7.74. The number of benzene rings is 1. The molecule has 3 heteroatoms. The molecule has 1 rings (SSSR count). The Bertz CT molecular complexity index is 304. The fourth-order valence-electron chi connectivity index (χ4n) is 1.65. The Hall–Kier alpha value is -0.570. The number of aliphatic hydroxyl groups is 1. The van der Waals surface area contributed by atoms with Gasteiger partial charge in [-0.1, -0.05) is 29.8 Å². The van der Waals surface area contributed by atoms with Gasteiger partial charge in [-0.3, -0.25) is 0 Å². The monoisotopic (exact) mass is 241 g/mol. The van der Waals surface area contributed by atoms with Gasteiger partial charge in [-0.25, -0.2) is 0 Å². The molecule has 16 heavy (non-hydrogen) atoms. The summed E-state index contributed by atoms with van der Waals surface area (Å²) >= 11 is 6.06. The standard InChI is InChI=1S/C13H20ClNO/c1-11(5-4-10-16)15-9-8-12-6-2-3-7-13(12)14/h2-3,6-7,11,15-16H,4-5,8-10H2,1H3. The first-order valence-electron chi connectivity index (χ1n) is 5.81. The van der Waals surface area contributed by atoms with Crippen LogP contribution in [-0.2, 0) is 6.42 Å². The van der Waals surface area contributed by atoms with Crippen molar-refractivity contribution in [1.29, 1.82) is 0 Å². The zero-order valence-electron chi connectivity index (χ0n) is 9.75. The van der Waals surface area contributed by atoms with Crippen molar-refractivity contribution >= 4 is 11.6 Å². The van der Waals surface area contributed by atoms with Crippen LogP contribution in [0.25, 0.3) is 0 Å². The lowest BCUT2D eigenvalue weighted by Crippen LogP contribution is -2.28. The van der Waals surface area contributed by atoms with Crippen LogP contribution < -0.4 is 5.32 Å². The van der Waals surface area contributed by atoms with Gasteiger partial charge in [0.1, 0.15) is 0 Å². The van der Waals surface area contributed by atoms with Crippen molar-refractivity contribution in [3.05, 3.63) is 34.9 Å². The Balaban J connectivity index is 2.23. The molecule has 0 bridgehead atoms. The van der Waals surface area contributed by atoms with Gasteiger partial charge in [0, 0.05) is 17.7 Å². The van der Waals surface area contributed by atoms with E-state index in [9.17, 15) is 0 Å². The molecule has 1 atom stereocenters. The molecule has 0 aliphatic carbocycles. The minimum Gasteiger partial charge on any atom is -0.396 e. The van der Waals surface area contributed by atoms with Gasteiger partial charge in [0.25, 0.3) is 0 Å². The minimum absolute atomic E-state index is 0.274. The SMILES string of the molecule is CC(CCCO)NCCc1ccccc1Cl. The van der Waals surface area contributed by atoms with Crippen molar-refractivity contribution in [3.63, 3.8) is 0 Å². The molecule has 2 N–H and O–H groups in total. The fourth-order valence-corrected chi connectivity index (χ4v) is 1.88. The number of hydrogen-bond acceptors (Lipinski definition) is 2. The third-order valence-corrected chi connectivity index (χ3v) is 3.01. The smallest absolute Gasteiger partial charge is 0.0438 e. The number of nitrogens with one attached hydrogen (secondary N) is 1. The van der Waals surface area contributed by atoms with Gasteiger partial charge in [0.15, 0.2) is 0 Å². The highest BCUT2D eigenvalue weighted by atomic mass is 35.5. The lowest BCUT2D eigenvalue weighted by Gasteiger charge is -2.13. The molecule has 0 aromatic heterocycles. The van der Waals surface area contributed by atoms with Gasteiger partial charge in [-0.05, 0) is 44.4 Å². The largest absolute Gasteiger partial charge is 0.396 e. The molecule has 0 aliphatic heterocycles. The summed E-state index contributed by atoms with van der Waals surface area (Å²) in [5.74, 6) is 0. The molecule has 2 nitrogen and oxygen atoms in total. The fraction of sp³-hybridized carbons (Fsp3) is 0.538. The van der Waals surface area contributed by atoms with Crippen molar-refractivity contribution in [3.8, 4) is 0 Å². The molecule has 1 aromatic rings. The molecule has 1 aromatic carbocycles. The van der Waals surface area contributed by atoms with Crippen molar-refractivity contribution in [2.75, 3.05) is 13.2 Å². The molecule has 0 amide bonds. The van der Waals surface area contributed by atoms with E-state index < -0.39 is 0 Å². The van der Waals surface area contributed by atoms with E-state index in [1.54, 1.807) is 0 Å². The summed E-state index contributed by atoms with van der Waals surface area (Å²) in [5.41, 5.74) is 1.19. The van der Waals surface area contributed by atoms with Gasteiger partial charge in [0.2, 0.25) is 0 Å². The van der Waals surface area contributed by atoms with E-state index >= 15 is 0 Å². The summed E-state index contributed by atoms with van der Waals surface area (Å²) in [6, 6.07) is 8.39. The van der Waals surface area contributed by atoms with Crippen molar-refractivity contribution in [2.24, 2.45) is 0 Å². The van der Waals surface area contributed by atoms with Gasteiger partial charge in [-0.2, -0.15) is 0 Å². The molecule has 1 unspecified atom stereocenters. The van der Waals surface area contributed by atoms with Crippen LogP contribution in [-0.4, -0.2) is 24.3 Å². The van der Waals surface area contributed by atoms with Gasteiger partial charge in [0.05, 0.1) is 0 Å².